The van der Waals surface area contributed by atoms with Gasteiger partial charge in [-0.05, 0) is 85.0 Å². The molecule has 2 aromatic carbocycles. The Hall–Kier alpha value is -2.60. The van der Waals surface area contributed by atoms with Crippen molar-refractivity contribution >= 4 is 6.09 Å². The summed E-state index contributed by atoms with van der Waals surface area (Å²) in [6.45, 7) is 10.2. The van der Waals surface area contributed by atoms with Crippen LogP contribution in [0.2, 0.25) is 0 Å². The number of alkyl carbamates (subject to hydrolysis) is 1. The van der Waals surface area contributed by atoms with E-state index in [0.717, 1.165) is 68.4 Å². The minimum Gasteiger partial charge on any atom is -0.493 e. The summed E-state index contributed by atoms with van der Waals surface area (Å²) in [5.41, 5.74) is 3.82. The molecule has 1 aliphatic carbocycles. The second-order valence-electron chi connectivity index (χ2n) is 11.1. The number of rotatable bonds is 7. The summed E-state index contributed by atoms with van der Waals surface area (Å²) in [7, 11) is 0. The predicted octanol–water partition coefficient (Wildman–Crippen LogP) is 6.12. The average molecular weight is 481 g/mol. The molecule has 4 aliphatic rings. The maximum atomic E-state index is 14.2. The molecule has 3 fully saturated rings. The molecule has 2 aromatic rings. The molecule has 3 heterocycles. The summed E-state index contributed by atoms with van der Waals surface area (Å²) in [5.74, 6) is 0.906. The van der Waals surface area contributed by atoms with Crippen LogP contribution in [0.5, 0.6) is 5.75 Å². The van der Waals surface area contributed by atoms with Crippen LogP contribution in [-0.2, 0) is 11.2 Å². The number of ether oxygens (including phenoxy) is 2. The average Bonchev–Trinajstić information content (AvgIpc) is 3.09. The van der Waals surface area contributed by atoms with Crippen LogP contribution in [0.1, 0.15) is 63.6 Å². The van der Waals surface area contributed by atoms with Gasteiger partial charge in [-0.15, -0.1) is 0 Å². The van der Waals surface area contributed by atoms with E-state index >= 15 is 0 Å². The highest BCUT2D eigenvalue weighted by molar-refractivity contribution is 5.73. The molecule has 2 bridgehead atoms. The van der Waals surface area contributed by atoms with Gasteiger partial charge in [-0.25, -0.2) is 9.18 Å². The van der Waals surface area contributed by atoms with E-state index in [2.05, 4.69) is 43.1 Å². The number of nitrogens with one attached hydrogen (secondary N) is 1. The summed E-state index contributed by atoms with van der Waals surface area (Å²) in [5, 5.41) is 3.18. The van der Waals surface area contributed by atoms with E-state index in [1.54, 1.807) is 12.1 Å². The smallest absolute Gasteiger partial charge is 0.407 e. The van der Waals surface area contributed by atoms with Crippen molar-refractivity contribution in [3.05, 3.63) is 53.3 Å². The fraction of sp³-hybridized carbons (Fsp3) is 0.552. The molecule has 1 N–H and O–H groups in total. The van der Waals surface area contributed by atoms with Gasteiger partial charge in [-0.3, -0.25) is 4.90 Å². The zero-order valence-electron chi connectivity index (χ0n) is 21.1. The van der Waals surface area contributed by atoms with Gasteiger partial charge < -0.3 is 14.8 Å². The van der Waals surface area contributed by atoms with Gasteiger partial charge in [0.05, 0.1) is 12.6 Å². The quantitative estimate of drug-likeness (QED) is 0.486. The monoisotopic (exact) mass is 480 g/mol. The molecule has 6 rings (SSSR count). The van der Waals surface area contributed by atoms with Crippen LogP contribution in [0.3, 0.4) is 0 Å². The highest BCUT2D eigenvalue weighted by Crippen LogP contribution is 2.47. The standard InChI is InChI=1S/C29H37FN2O3/c1-4-5-14-34-25-9-7-22(30)16-24(25)20-6-8-23-21(15-20)17-29(2,3)27(23)31-28(33)35-26-18-32-12-10-19(26)11-13-32/h6-9,15-16,19,26-27H,4-5,10-14,17-18H2,1-3H3,(H,31,33)/t26-,27?/m1/s1. The van der Waals surface area contributed by atoms with Gasteiger partial charge in [0.2, 0.25) is 0 Å². The maximum Gasteiger partial charge on any atom is 0.407 e. The van der Waals surface area contributed by atoms with E-state index in [0.29, 0.717) is 18.3 Å². The van der Waals surface area contributed by atoms with Crippen molar-refractivity contribution in [3.8, 4) is 16.9 Å². The summed E-state index contributed by atoms with van der Waals surface area (Å²) >= 11 is 0. The van der Waals surface area contributed by atoms with Gasteiger partial charge in [-0.1, -0.05) is 45.4 Å². The first-order valence-corrected chi connectivity index (χ1v) is 13.1. The fourth-order valence-electron chi connectivity index (χ4n) is 6.01. The number of carbonyl (C=O) groups is 1. The molecule has 0 aromatic heterocycles. The minimum atomic E-state index is -0.324. The lowest BCUT2D eigenvalue weighted by Crippen LogP contribution is -2.53. The van der Waals surface area contributed by atoms with Gasteiger partial charge in [0.1, 0.15) is 17.7 Å². The highest BCUT2D eigenvalue weighted by Gasteiger charge is 2.42. The Bertz CT molecular complexity index is 1080. The zero-order valence-corrected chi connectivity index (χ0v) is 21.1. The molecule has 3 aliphatic heterocycles. The van der Waals surface area contributed by atoms with Crippen molar-refractivity contribution in [2.24, 2.45) is 11.3 Å². The van der Waals surface area contributed by atoms with Crippen LogP contribution in [0.15, 0.2) is 36.4 Å². The van der Waals surface area contributed by atoms with E-state index in [-0.39, 0.29) is 29.5 Å². The lowest BCUT2D eigenvalue weighted by molar-refractivity contribution is -0.0348. The molecule has 3 saturated heterocycles. The molecule has 0 spiro atoms. The van der Waals surface area contributed by atoms with Crippen LogP contribution >= 0.6 is 0 Å². The molecular formula is C29H37FN2O3. The number of piperidine rings is 3. The summed E-state index contributed by atoms with van der Waals surface area (Å²) in [6, 6.07) is 10.8. The van der Waals surface area contributed by atoms with Crippen molar-refractivity contribution in [1.29, 1.82) is 0 Å². The number of hydrogen-bond acceptors (Lipinski definition) is 4. The summed E-state index contributed by atoms with van der Waals surface area (Å²) in [6.07, 6.45) is 4.71. The molecule has 1 unspecified atom stereocenters. The SMILES string of the molecule is CCCCOc1ccc(F)cc1-c1ccc2c(c1)CC(C)(C)C2NC(=O)O[C@@H]1CN2CCC1CC2. The lowest BCUT2D eigenvalue weighted by atomic mass is 9.85. The first-order chi connectivity index (χ1) is 16.8. The van der Waals surface area contributed by atoms with Gasteiger partial charge in [0.15, 0.2) is 0 Å². The van der Waals surface area contributed by atoms with Crippen molar-refractivity contribution in [2.45, 2.75) is 65.0 Å². The molecule has 2 atom stereocenters. The lowest BCUT2D eigenvalue weighted by Gasteiger charge is -2.44. The highest BCUT2D eigenvalue weighted by atomic mass is 19.1. The number of amides is 1. The second-order valence-corrected chi connectivity index (χ2v) is 11.1. The minimum absolute atomic E-state index is 0.0111. The van der Waals surface area contributed by atoms with E-state index in [4.69, 9.17) is 9.47 Å². The third-order valence-corrected chi connectivity index (χ3v) is 8.01. The van der Waals surface area contributed by atoms with Crippen LogP contribution in [-0.4, -0.2) is 43.3 Å². The Morgan fingerprint density at radius 1 is 1.17 bits per heavy atom. The molecule has 35 heavy (non-hydrogen) atoms. The second kappa shape index (κ2) is 9.81. The maximum absolute atomic E-state index is 14.2. The van der Waals surface area contributed by atoms with Crippen molar-refractivity contribution in [1.82, 2.24) is 10.2 Å². The Kier molecular flexibility index (Phi) is 6.75. The third-order valence-electron chi connectivity index (χ3n) is 8.01. The Labute approximate surface area is 208 Å². The van der Waals surface area contributed by atoms with Crippen molar-refractivity contribution in [2.75, 3.05) is 26.2 Å². The van der Waals surface area contributed by atoms with Gasteiger partial charge >= 0.3 is 6.09 Å². The van der Waals surface area contributed by atoms with Gasteiger partial charge in [0, 0.05) is 12.1 Å². The summed E-state index contributed by atoms with van der Waals surface area (Å²) in [4.78, 5) is 15.3. The first-order valence-electron chi connectivity index (χ1n) is 13.1. The molecule has 188 valence electrons. The van der Waals surface area contributed by atoms with Crippen LogP contribution in [0.4, 0.5) is 9.18 Å². The van der Waals surface area contributed by atoms with Crippen LogP contribution in [0.25, 0.3) is 11.1 Å². The number of fused-ring (bicyclic) bond motifs is 4. The van der Waals surface area contributed by atoms with Gasteiger partial charge in [-0.2, -0.15) is 0 Å². The molecule has 6 heteroatoms. The number of hydrogen-bond donors (Lipinski definition) is 1. The Balaban J connectivity index is 1.34. The van der Waals surface area contributed by atoms with E-state index in [1.165, 1.54) is 11.6 Å². The van der Waals surface area contributed by atoms with Gasteiger partial charge in [0.25, 0.3) is 0 Å². The predicted molar refractivity (Wildman–Crippen MR) is 135 cm³/mol. The van der Waals surface area contributed by atoms with Crippen LogP contribution in [0, 0.1) is 17.2 Å². The number of benzene rings is 2. The number of halogens is 1. The Morgan fingerprint density at radius 2 is 1.97 bits per heavy atom. The number of nitrogens with zero attached hydrogens (tertiary/aromatic N) is 1. The zero-order chi connectivity index (χ0) is 24.6. The number of carbonyl (C=O) groups excluding carboxylic acids is 1. The van der Waals surface area contributed by atoms with E-state index < -0.39 is 0 Å². The number of unbranched alkanes of at least 4 members (excludes halogenated alkanes) is 1. The molecule has 0 saturated carbocycles. The molecular weight excluding hydrogens is 443 g/mol. The van der Waals surface area contributed by atoms with E-state index in [1.807, 2.05) is 6.07 Å². The normalized spacial score (nSPS) is 26.3. The van der Waals surface area contributed by atoms with Crippen LogP contribution < -0.4 is 10.1 Å². The molecule has 0 radical (unpaired) electrons. The molecule has 1 amide bonds. The Morgan fingerprint density at radius 3 is 2.69 bits per heavy atom. The summed E-state index contributed by atoms with van der Waals surface area (Å²) < 4.78 is 26.0. The fourth-order valence-corrected chi connectivity index (χ4v) is 6.01. The third kappa shape index (κ3) is 5.04. The molecule has 5 nitrogen and oxygen atoms in total. The largest absolute Gasteiger partial charge is 0.493 e. The topological polar surface area (TPSA) is 50.8 Å². The van der Waals surface area contributed by atoms with Crippen molar-refractivity contribution < 1.29 is 18.7 Å². The van der Waals surface area contributed by atoms with E-state index in [9.17, 15) is 9.18 Å². The first kappa shape index (κ1) is 24.1. The van der Waals surface area contributed by atoms with Crippen molar-refractivity contribution in [3.63, 3.8) is 0 Å².